The van der Waals surface area contributed by atoms with Gasteiger partial charge in [-0.05, 0) is 45.9 Å². The van der Waals surface area contributed by atoms with Crippen molar-refractivity contribution < 1.29 is 33.3 Å². The number of aliphatic carboxylic acids is 1. The quantitative estimate of drug-likeness (QED) is 0.354. The predicted octanol–water partition coefficient (Wildman–Crippen LogP) is 3.94. The normalized spacial score (nSPS) is 12.4. The Kier molecular flexibility index (Phi) is 10.5. The fourth-order valence-corrected chi connectivity index (χ4v) is 3.44. The zero-order chi connectivity index (χ0) is 24.6. The van der Waals surface area contributed by atoms with Gasteiger partial charge in [0.2, 0.25) is 0 Å². The van der Waals surface area contributed by atoms with Crippen molar-refractivity contribution in [1.29, 1.82) is 0 Å². The van der Waals surface area contributed by atoms with E-state index in [1.54, 1.807) is 13.8 Å². The van der Waals surface area contributed by atoms with Crippen molar-refractivity contribution in [2.45, 2.75) is 45.4 Å². The zero-order valence-electron chi connectivity index (χ0n) is 19.4. The highest BCUT2D eigenvalue weighted by atomic mass is 32.1. The van der Waals surface area contributed by atoms with Crippen LogP contribution in [0.15, 0.2) is 29.8 Å². The number of hydrogen-bond acceptors (Lipinski definition) is 6. The fourth-order valence-electron chi connectivity index (χ4n) is 3.27. The third-order valence-electron chi connectivity index (χ3n) is 4.88. The molecule has 180 valence electrons. The number of carboxylic acid groups (broad SMARTS) is 1. The molecule has 0 bridgehead atoms. The molecule has 0 unspecified atom stereocenters. The maximum absolute atomic E-state index is 14.0. The molecular weight excluding hydrogens is 439 g/mol. The van der Waals surface area contributed by atoms with Crippen molar-refractivity contribution in [2.24, 2.45) is 0 Å². The van der Waals surface area contributed by atoms with Crippen LogP contribution in [0.3, 0.4) is 0 Å². The first kappa shape index (κ1) is 27.7. The Bertz CT molecular complexity index is 818. The van der Waals surface area contributed by atoms with Crippen LogP contribution >= 0.6 is 12.6 Å². The van der Waals surface area contributed by atoms with Crippen LogP contribution in [-0.2, 0) is 14.3 Å². The molecule has 2 amide bonds. The maximum Gasteiger partial charge on any atom is 0.329 e. The van der Waals surface area contributed by atoms with Gasteiger partial charge in [-0.15, -0.1) is 12.6 Å². The van der Waals surface area contributed by atoms with Gasteiger partial charge in [-0.1, -0.05) is 6.58 Å². The van der Waals surface area contributed by atoms with E-state index in [4.69, 9.17) is 14.2 Å². The number of rotatable bonds is 12. The molecule has 0 fully saturated rings. The van der Waals surface area contributed by atoms with Gasteiger partial charge in [0.15, 0.2) is 0 Å². The molecule has 32 heavy (non-hydrogen) atoms. The number of ether oxygens (including phenoxy) is 3. The summed E-state index contributed by atoms with van der Waals surface area (Å²) in [4.78, 5) is 27.8. The minimum absolute atomic E-state index is 0.0811. The van der Waals surface area contributed by atoms with Crippen molar-refractivity contribution in [2.75, 3.05) is 34.0 Å². The minimum Gasteiger partial charge on any atom is -0.496 e. The summed E-state index contributed by atoms with van der Waals surface area (Å²) in [6.07, 6.45) is -0.828. The Balaban J connectivity index is 3.42. The van der Waals surface area contributed by atoms with Gasteiger partial charge in [0, 0.05) is 18.7 Å². The molecule has 0 aliphatic carbocycles. The van der Waals surface area contributed by atoms with Gasteiger partial charge in [0.25, 0.3) is 0 Å². The molecule has 0 heterocycles. The summed E-state index contributed by atoms with van der Waals surface area (Å²) in [6.45, 7) is 10.4. The van der Waals surface area contributed by atoms with Gasteiger partial charge in [0.1, 0.15) is 23.2 Å². The van der Waals surface area contributed by atoms with Crippen LogP contribution in [0, 0.1) is 5.82 Å². The Labute approximate surface area is 194 Å². The van der Waals surface area contributed by atoms with E-state index in [-0.39, 0.29) is 24.8 Å². The second-order valence-electron chi connectivity index (χ2n) is 7.88. The average molecular weight is 473 g/mol. The van der Waals surface area contributed by atoms with Crippen molar-refractivity contribution in [3.8, 4) is 5.75 Å². The first-order valence-electron chi connectivity index (χ1n) is 10.0. The van der Waals surface area contributed by atoms with Crippen LogP contribution in [0.4, 0.5) is 9.18 Å². The van der Waals surface area contributed by atoms with Crippen LogP contribution in [0.25, 0.3) is 0 Å². The number of halogens is 1. The van der Waals surface area contributed by atoms with Crippen LogP contribution < -0.4 is 4.74 Å². The summed E-state index contributed by atoms with van der Waals surface area (Å²) in [5.74, 6) is -1.29. The summed E-state index contributed by atoms with van der Waals surface area (Å²) in [6, 6.07) is 2.92. The summed E-state index contributed by atoms with van der Waals surface area (Å²) in [5.41, 5.74) is -1.13. The number of hydrogen-bond donors (Lipinski definition) is 2. The highest BCUT2D eigenvalue weighted by Gasteiger charge is 2.42. The van der Waals surface area contributed by atoms with E-state index in [1.165, 1.54) is 56.1 Å². The van der Waals surface area contributed by atoms with Gasteiger partial charge in [-0.3, -0.25) is 4.90 Å². The monoisotopic (exact) mass is 472 g/mol. The molecule has 0 radical (unpaired) electrons. The summed E-state index contributed by atoms with van der Waals surface area (Å²) >= 11 is 4.26. The van der Waals surface area contributed by atoms with Gasteiger partial charge >= 0.3 is 12.0 Å². The van der Waals surface area contributed by atoms with E-state index in [1.807, 2.05) is 0 Å². The lowest BCUT2D eigenvalue weighted by Gasteiger charge is -2.42. The number of carbonyl (C=O) groups is 2. The van der Waals surface area contributed by atoms with Crippen molar-refractivity contribution in [3.63, 3.8) is 0 Å². The molecule has 0 aromatic heterocycles. The predicted molar refractivity (Wildman–Crippen MR) is 122 cm³/mol. The molecule has 1 N–H and O–H groups in total. The smallest absolute Gasteiger partial charge is 0.329 e. The second kappa shape index (κ2) is 12.1. The fraction of sp³-hybridized carbons (Fsp3) is 0.545. The number of methoxy groups -OCH3 is 2. The van der Waals surface area contributed by atoms with E-state index in [2.05, 4.69) is 19.2 Å². The molecule has 1 aromatic rings. The third kappa shape index (κ3) is 6.85. The van der Waals surface area contributed by atoms with E-state index in [9.17, 15) is 19.1 Å². The molecule has 8 nitrogen and oxygen atoms in total. The second-order valence-corrected chi connectivity index (χ2v) is 8.39. The number of carboxylic acids is 1. The molecular formula is C22H33FN2O6S. The van der Waals surface area contributed by atoms with Crippen LogP contribution in [-0.4, -0.2) is 72.5 Å². The lowest BCUT2D eigenvalue weighted by molar-refractivity contribution is -0.148. The average Bonchev–Trinajstić information content (AvgIpc) is 2.69. The maximum atomic E-state index is 14.0. The van der Waals surface area contributed by atoms with Crippen molar-refractivity contribution in [3.05, 3.63) is 41.2 Å². The number of carbonyl (C=O) groups excluding carboxylic acids is 1. The minimum atomic E-state index is -1.50. The molecule has 1 rings (SSSR count). The number of nitrogens with zero attached hydrogens (tertiary/aromatic N) is 2. The first-order valence-corrected chi connectivity index (χ1v) is 10.5. The number of benzene rings is 1. The zero-order valence-corrected chi connectivity index (χ0v) is 20.3. The van der Waals surface area contributed by atoms with E-state index >= 15 is 0 Å². The largest absolute Gasteiger partial charge is 0.496 e. The number of urea groups is 1. The molecule has 0 aliphatic heterocycles. The Morgan fingerprint density at radius 2 is 1.88 bits per heavy atom. The highest BCUT2D eigenvalue weighted by Crippen LogP contribution is 2.32. The van der Waals surface area contributed by atoms with Gasteiger partial charge in [0.05, 0.1) is 31.9 Å². The topological polar surface area (TPSA) is 88.5 Å². The molecule has 0 saturated heterocycles. The van der Waals surface area contributed by atoms with E-state index < -0.39 is 35.5 Å². The van der Waals surface area contributed by atoms with Crippen LogP contribution in [0.5, 0.6) is 5.75 Å². The highest BCUT2D eigenvalue weighted by molar-refractivity contribution is 7.84. The molecule has 0 saturated carbocycles. The van der Waals surface area contributed by atoms with Crippen LogP contribution in [0.2, 0.25) is 0 Å². The summed E-state index contributed by atoms with van der Waals surface area (Å²) in [7, 11) is 2.96. The summed E-state index contributed by atoms with van der Waals surface area (Å²) < 4.78 is 30.3. The third-order valence-corrected chi connectivity index (χ3v) is 5.13. The van der Waals surface area contributed by atoms with E-state index in [0.717, 1.165) is 0 Å². The molecule has 1 atom stereocenters. The van der Waals surface area contributed by atoms with Crippen molar-refractivity contribution >= 4 is 24.6 Å². The lowest BCUT2D eigenvalue weighted by Crippen LogP contribution is -2.59. The number of amides is 2. The van der Waals surface area contributed by atoms with Gasteiger partial charge in [-0.25, -0.2) is 14.0 Å². The van der Waals surface area contributed by atoms with Crippen LogP contribution in [0.1, 0.15) is 39.4 Å². The Morgan fingerprint density at radius 1 is 1.25 bits per heavy atom. The number of thiol groups is 1. The lowest BCUT2D eigenvalue weighted by atomic mass is 10.0. The van der Waals surface area contributed by atoms with Gasteiger partial charge < -0.3 is 24.2 Å². The molecule has 0 aliphatic rings. The molecule has 0 spiro atoms. The van der Waals surface area contributed by atoms with E-state index in [0.29, 0.717) is 11.3 Å². The molecule has 1 aromatic carbocycles. The van der Waals surface area contributed by atoms with Gasteiger partial charge in [-0.2, -0.15) is 0 Å². The van der Waals surface area contributed by atoms with Crippen molar-refractivity contribution in [1.82, 2.24) is 9.80 Å². The SMILES string of the molecule is C=C(S)N(C[C@H](OCCOC)c1cc(F)ccc1OC)C(=O)N(C(C)C)C(C)(C)C(=O)O. The Morgan fingerprint density at radius 3 is 2.34 bits per heavy atom. The Hall–Kier alpha value is -2.30. The summed E-state index contributed by atoms with van der Waals surface area (Å²) in [5, 5.41) is 9.76. The standard InChI is InChI=1S/C22H33FN2O6S/c1-14(2)25(22(4,5)20(26)27)21(28)24(15(3)32)13-19(31-11-10-29-6)17-12-16(23)8-9-18(17)30-7/h8-9,12,14,19,32H,3,10-11,13H2,1-2,4-7H3,(H,26,27)/t19-/m0/s1. The first-order chi connectivity index (χ1) is 14.9. The molecule has 10 heteroatoms.